The Hall–Kier alpha value is -1.77. The van der Waals surface area contributed by atoms with Gasteiger partial charge in [-0.1, -0.05) is 56.7 Å². The molecule has 0 fully saturated rings. The number of amides is 1. The summed E-state index contributed by atoms with van der Waals surface area (Å²) in [6.45, 7) is 13.0. The van der Waals surface area contributed by atoms with Crippen LogP contribution in [0.4, 0.5) is 4.79 Å². The van der Waals surface area contributed by atoms with Gasteiger partial charge >= 0.3 is 6.09 Å². The van der Waals surface area contributed by atoms with Gasteiger partial charge in [0.15, 0.2) is 0 Å². The maximum absolute atomic E-state index is 11.8. The van der Waals surface area contributed by atoms with Gasteiger partial charge in [-0.3, -0.25) is 0 Å². The lowest BCUT2D eigenvalue weighted by Crippen LogP contribution is -2.32. The molecule has 0 bridgehead atoms. The molecule has 2 unspecified atom stereocenters. The van der Waals surface area contributed by atoms with Crippen molar-refractivity contribution >= 4 is 6.09 Å². The van der Waals surface area contributed by atoms with E-state index in [0.717, 1.165) is 23.8 Å². The molecule has 1 amide bonds. The Morgan fingerprint density at radius 2 is 1.85 bits per heavy atom. The van der Waals surface area contributed by atoms with Gasteiger partial charge in [-0.15, -0.1) is 0 Å². The van der Waals surface area contributed by atoms with E-state index in [2.05, 4.69) is 56.4 Å². The molecule has 0 aliphatic heterocycles. The van der Waals surface area contributed by atoms with E-state index in [4.69, 9.17) is 4.74 Å². The number of benzene rings is 1. The van der Waals surface area contributed by atoms with Crippen molar-refractivity contribution in [3.63, 3.8) is 0 Å². The predicted octanol–water partition coefficient (Wildman–Crippen LogP) is 6.59. The highest BCUT2D eigenvalue weighted by Gasteiger charge is 2.19. The molecule has 2 atom stereocenters. The van der Waals surface area contributed by atoms with E-state index in [1.807, 2.05) is 20.8 Å². The third-order valence-corrected chi connectivity index (χ3v) is 5.03. The summed E-state index contributed by atoms with van der Waals surface area (Å²) in [4.78, 5) is 11.8. The summed E-state index contributed by atoms with van der Waals surface area (Å²) in [6.07, 6.45) is 7.23. The summed E-state index contributed by atoms with van der Waals surface area (Å²) in [5.74, 6) is 2.10. The van der Waals surface area contributed by atoms with Crippen LogP contribution in [-0.4, -0.2) is 11.7 Å². The molecule has 0 radical (unpaired) electrons. The van der Waals surface area contributed by atoms with Crippen molar-refractivity contribution in [3.05, 3.63) is 47.0 Å². The molecule has 0 heterocycles. The average molecular weight is 372 g/mol. The fourth-order valence-electron chi connectivity index (χ4n) is 3.80. The zero-order valence-electron chi connectivity index (χ0n) is 18.0. The first kappa shape index (κ1) is 21.5. The summed E-state index contributed by atoms with van der Waals surface area (Å²) in [5, 5.41) is 2.81. The lowest BCUT2D eigenvalue weighted by Gasteiger charge is -2.19. The van der Waals surface area contributed by atoms with Gasteiger partial charge in [0.1, 0.15) is 5.60 Å². The number of rotatable bonds is 7. The molecular weight excluding hydrogens is 334 g/mol. The van der Waals surface area contributed by atoms with E-state index in [9.17, 15) is 4.79 Å². The van der Waals surface area contributed by atoms with Gasteiger partial charge in [0, 0.05) is 6.54 Å². The SMILES string of the molecule is CC(C)CC1C=C(CC(C)c2ccc(CNC(=O)OC(C)(C)C)cc2)CC1. The van der Waals surface area contributed by atoms with Crippen LogP contribution < -0.4 is 5.32 Å². The van der Waals surface area contributed by atoms with Crippen LogP contribution in [0, 0.1) is 11.8 Å². The second kappa shape index (κ2) is 9.43. The van der Waals surface area contributed by atoms with Crippen LogP contribution in [0.1, 0.15) is 84.3 Å². The van der Waals surface area contributed by atoms with Gasteiger partial charge in [0.2, 0.25) is 0 Å². The number of carbonyl (C=O) groups is 1. The Labute approximate surface area is 165 Å². The number of hydrogen-bond donors (Lipinski definition) is 1. The van der Waals surface area contributed by atoms with Crippen LogP contribution in [0.5, 0.6) is 0 Å². The largest absolute Gasteiger partial charge is 0.444 e. The molecule has 1 aliphatic rings. The van der Waals surface area contributed by atoms with Crippen LogP contribution in [0.25, 0.3) is 0 Å². The van der Waals surface area contributed by atoms with Gasteiger partial charge in [0.25, 0.3) is 0 Å². The fourth-order valence-corrected chi connectivity index (χ4v) is 3.80. The highest BCUT2D eigenvalue weighted by Crippen LogP contribution is 2.34. The highest BCUT2D eigenvalue weighted by molar-refractivity contribution is 5.67. The summed E-state index contributed by atoms with van der Waals surface area (Å²) in [7, 11) is 0. The second-order valence-electron chi connectivity index (χ2n) is 9.46. The maximum Gasteiger partial charge on any atom is 0.407 e. The van der Waals surface area contributed by atoms with Crippen LogP contribution >= 0.6 is 0 Å². The van der Waals surface area contributed by atoms with Crippen LogP contribution in [0.15, 0.2) is 35.9 Å². The molecular formula is C24H37NO2. The molecule has 1 aliphatic carbocycles. The maximum atomic E-state index is 11.8. The summed E-state index contributed by atoms with van der Waals surface area (Å²) in [5.41, 5.74) is 3.62. The van der Waals surface area contributed by atoms with Crippen LogP contribution in [0.2, 0.25) is 0 Å². The van der Waals surface area contributed by atoms with Gasteiger partial charge in [-0.25, -0.2) is 4.79 Å². The van der Waals surface area contributed by atoms with Crippen molar-refractivity contribution in [1.82, 2.24) is 5.32 Å². The highest BCUT2D eigenvalue weighted by atomic mass is 16.6. The Kier molecular flexibility index (Phi) is 7.52. The first-order valence-electron chi connectivity index (χ1n) is 10.4. The van der Waals surface area contributed by atoms with E-state index in [1.165, 1.54) is 24.8 Å². The molecule has 0 saturated heterocycles. The van der Waals surface area contributed by atoms with Gasteiger partial charge in [-0.05, 0) is 75.3 Å². The Balaban J connectivity index is 1.83. The van der Waals surface area contributed by atoms with E-state index < -0.39 is 5.60 Å². The van der Waals surface area contributed by atoms with E-state index in [0.29, 0.717) is 12.5 Å². The van der Waals surface area contributed by atoms with Crippen LogP contribution in [0.3, 0.4) is 0 Å². The van der Waals surface area contributed by atoms with E-state index in [-0.39, 0.29) is 6.09 Å². The number of carbonyl (C=O) groups excluding carboxylic acids is 1. The second-order valence-corrected chi connectivity index (χ2v) is 9.46. The monoisotopic (exact) mass is 371 g/mol. The average Bonchev–Trinajstić information content (AvgIpc) is 2.98. The molecule has 2 rings (SSSR count). The van der Waals surface area contributed by atoms with E-state index >= 15 is 0 Å². The number of allylic oxidation sites excluding steroid dienone is 2. The molecule has 1 aromatic carbocycles. The smallest absolute Gasteiger partial charge is 0.407 e. The summed E-state index contributed by atoms with van der Waals surface area (Å²) in [6, 6.07) is 8.59. The van der Waals surface area contributed by atoms with Crippen molar-refractivity contribution in [1.29, 1.82) is 0 Å². The van der Waals surface area contributed by atoms with Crippen LogP contribution in [-0.2, 0) is 11.3 Å². The Morgan fingerprint density at radius 3 is 2.44 bits per heavy atom. The topological polar surface area (TPSA) is 38.3 Å². The minimum absolute atomic E-state index is 0.371. The van der Waals surface area contributed by atoms with Gasteiger partial charge in [-0.2, -0.15) is 0 Å². The Morgan fingerprint density at radius 1 is 1.19 bits per heavy atom. The lowest BCUT2D eigenvalue weighted by molar-refractivity contribution is 0.0523. The third kappa shape index (κ3) is 7.78. The molecule has 150 valence electrons. The first-order chi connectivity index (χ1) is 12.6. The molecule has 3 heteroatoms. The molecule has 3 nitrogen and oxygen atoms in total. The van der Waals surface area contributed by atoms with Crippen molar-refractivity contribution in [2.75, 3.05) is 0 Å². The zero-order valence-corrected chi connectivity index (χ0v) is 18.0. The molecule has 0 aromatic heterocycles. The number of ether oxygens (including phenoxy) is 1. The van der Waals surface area contributed by atoms with Crippen molar-refractivity contribution in [3.8, 4) is 0 Å². The number of hydrogen-bond acceptors (Lipinski definition) is 2. The summed E-state index contributed by atoms with van der Waals surface area (Å²) < 4.78 is 5.27. The lowest BCUT2D eigenvalue weighted by atomic mass is 9.92. The standard InChI is InChI=1S/C24H37NO2/c1-17(2)13-20-7-8-21(15-20)14-18(3)22-11-9-19(10-12-22)16-25-23(26)27-24(4,5)6/h9-12,15,17-18,20H,7-8,13-14,16H2,1-6H3,(H,25,26). The molecule has 1 aromatic rings. The molecule has 27 heavy (non-hydrogen) atoms. The summed E-state index contributed by atoms with van der Waals surface area (Å²) >= 11 is 0. The molecule has 1 N–H and O–H groups in total. The fraction of sp³-hybridized carbons (Fsp3) is 0.625. The predicted molar refractivity (Wildman–Crippen MR) is 113 cm³/mol. The van der Waals surface area contributed by atoms with Gasteiger partial charge in [0.05, 0.1) is 0 Å². The molecule has 0 spiro atoms. The quantitative estimate of drug-likeness (QED) is 0.549. The van der Waals surface area contributed by atoms with Gasteiger partial charge < -0.3 is 10.1 Å². The minimum Gasteiger partial charge on any atom is -0.444 e. The number of nitrogens with one attached hydrogen (secondary N) is 1. The Bertz CT molecular complexity index is 637. The zero-order chi connectivity index (χ0) is 20.0. The van der Waals surface area contributed by atoms with Crippen molar-refractivity contribution in [2.45, 2.75) is 85.3 Å². The van der Waals surface area contributed by atoms with E-state index in [1.54, 1.807) is 5.57 Å². The van der Waals surface area contributed by atoms with Crippen molar-refractivity contribution < 1.29 is 9.53 Å². The minimum atomic E-state index is -0.466. The first-order valence-corrected chi connectivity index (χ1v) is 10.4. The third-order valence-electron chi connectivity index (χ3n) is 5.03. The normalized spacial score (nSPS) is 18.3. The number of alkyl carbamates (subject to hydrolysis) is 1. The van der Waals surface area contributed by atoms with Crippen molar-refractivity contribution in [2.24, 2.45) is 11.8 Å². The molecule has 0 saturated carbocycles.